The molecule has 2 N–H and O–H groups in total. The lowest BCUT2D eigenvalue weighted by molar-refractivity contribution is -0.137. The van der Waals surface area contributed by atoms with Crippen LogP contribution in [-0.4, -0.2) is 19.6 Å². The third-order valence-corrected chi connectivity index (χ3v) is 3.49. The molecule has 1 heterocycles. The molecule has 1 unspecified atom stereocenters. The van der Waals surface area contributed by atoms with Crippen LogP contribution in [0.5, 0.6) is 0 Å². The van der Waals surface area contributed by atoms with Crippen molar-refractivity contribution in [3.8, 4) is 6.07 Å². The highest BCUT2D eigenvalue weighted by Gasteiger charge is 2.33. The molecule has 1 fully saturated rings. The van der Waals surface area contributed by atoms with Gasteiger partial charge in [-0.3, -0.25) is 0 Å². The van der Waals surface area contributed by atoms with Crippen molar-refractivity contribution in [2.45, 2.75) is 19.0 Å². The van der Waals surface area contributed by atoms with E-state index in [0.29, 0.717) is 18.2 Å². The molecule has 2 rings (SSSR count). The highest BCUT2D eigenvalue weighted by Crippen LogP contribution is 2.33. The minimum absolute atomic E-state index is 0.343. The van der Waals surface area contributed by atoms with Crippen LogP contribution < -0.4 is 10.6 Å². The minimum Gasteiger partial charge on any atom is -0.385 e. The second-order valence-corrected chi connectivity index (χ2v) is 4.94. The Morgan fingerprint density at radius 3 is 2.80 bits per heavy atom. The first-order valence-electron chi connectivity index (χ1n) is 6.56. The van der Waals surface area contributed by atoms with Crippen molar-refractivity contribution in [3.63, 3.8) is 0 Å². The molecular weight excluding hydrogens is 267 g/mol. The van der Waals surface area contributed by atoms with Crippen molar-refractivity contribution < 1.29 is 13.2 Å². The van der Waals surface area contributed by atoms with Gasteiger partial charge in [-0.25, -0.2) is 0 Å². The van der Waals surface area contributed by atoms with Crippen LogP contribution in [-0.2, 0) is 6.18 Å². The summed E-state index contributed by atoms with van der Waals surface area (Å²) in [6, 6.07) is 5.19. The molecule has 0 radical (unpaired) electrons. The molecule has 3 nitrogen and oxygen atoms in total. The molecule has 1 aliphatic rings. The maximum atomic E-state index is 12.6. The number of rotatable bonds is 4. The van der Waals surface area contributed by atoms with E-state index in [0.717, 1.165) is 32.0 Å². The number of nitrogens with zero attached hydrogens (tertiary/aromatic N) is 1. The zero-order chi connectivity index (χ0) is 14.6. The Morgan fingerprint density at radius 2 is 2.20 bits per heavy atom. The number of nitriles is 1. The third-order valence-electron chi connectivity index (χ3n) is 3.49. The maximum Gasteiger partial charge on any atom is 0.417 e. The molecule has 1 atom stereocenters. The number of halogens is 3. The standard InChI is InChI=1S/C14H16F3N3/c15-14(16,17)13-2-1-12(7-11(13)8-18)20-6-4-10-3-5-19-9-10/h1-2,7,10,19-20H,3-6,9H2. The zero-order valence-corrected chi connectivity index (χ0v) is 10.9. The van der Waals surface area contributed by atoms with Gasteiger partial charge in [0.25, 0.3) is 0 Å². The molecule has 0 bridgehead atoms. The highest BCUT2D eigenvalue weighted by molar-refractivity contribution is 5.53. The smallest absolute Gasteiger partial charge is 0.385 e. The predicted octanol–water partition coefficient (Wildman–Crippen LogP) is 2.99. The first-order chi connectivity index (χ1) is 9.50. The maximum absolute atomic E-state index is 12.6. The quantitative estimate of drug-likeness (QED) is 0.893. The molecule has 1 saturated heterocycles. The third kappa shape index (κ3) is 3.64. The molecule has 0 spiro atoms. The Bertz CT molecular complexity index is 499. The van der Waals surface area contributed by atoms with Gasteiger partial charge in [-0.05, 0) is 50.0 Å². The Kier molecular flexibility index (Phi) is 4.50. The van der Waals surface area contributed by atoms with E-state index in [1.807, 2.05) is 0 Å². The molecule has 20 heavy (non-hydrogen) atoms. The first-order valence-corrected chi connectivity index (χ1v) is 6.56. The van der Waals surface area contributed by atoms with Gasteiger partial charge in [-0.15, -0.1) is 0 Å². The summed E-state index contributed by atoms with van der Waals surface area (Å²) in [5.41, 5.74) is -0.670. The average molecular weight is 283 g/mol. The van der Waals surface area contributed by atoms with Gasteiger partial charge in [0, 0.05) is 12.2 Å². The van der Waals surface area contributed by atoms with Crippen LogP contribution in [0, 0.1) is 17.2 Å². The number of benzene rings is 1. The minimum atomic E-state index is -4.49. The van der Waals surface area contributed by atoms with Gasteiger partial charge >= 0.3 is 6.18 Å². The van der Waals surface area contributed by atoms with E-state index in [4.69, 9.17) is 5.26 Å². The van der Waals surface area contributed by atoms with E-state index in [1.54, 1.807) is 6.07 Å². The molecule has 1 aromatic rings. The summed E-state index contributed by atoms with van der Waals surface area (Å²) in [6.45, 7) is 2.73. The normalized spacial score (nSPS) is 18.8. The van der Waals surface area contributed by atoms with Crippen LogP contribution in [0.4, 0.5) is 18.9 Å². The second kappa shape index (κ2) is 6.14. The molecular formula is C14H16F3N3. The summed E-state index contributed by atoms with van der Waals surface area (Å²) in [6.07, 6.45) is -2.38. The van der Waals surface area contributed by atoms with Crippen molar-refractivity contribution >= 4 is 5.69 Å². The molecule has 1 aliphatic heterocycles. The Balaban J connectivity index is 1.97. The van der Waals surface area contributed by atoms with Gasteiger partial charge in [0.15, 0.2) is 0 Å². The van der Waals surface area contributed by atoms with Gasteiger partial charge in [0.05, 0.1) is 17.2 Å². The van der Waals surface area contributed by atoms with Gasteiger partial charge in [0.1, 0.15) is 0 Å². The SMILES string of the molecule is N#Cc1cc(NCCC2CCNC2)ccc1C(F)(F)F. The Labute approximate surface area is 115 Å². The Morgan fingerprint density at radius 1 is 1.40 bits per heavy atom. The largest absolute Gasteiger partial charge is 0.417 e. The highest BCUT2D eigenvalue weighted by atomic mass is 19.4. The van der Waals surface area contributed by atoms with Crippen LogP contribution in [0.1, 0.15) is 24.0 Å². The molecule has 1 aromatic carbocycles. The summed E-state index contributed by atoms with van der Waals surface area (Å²) in [7, 11) is 0. The summed E-state index contributed by atoms with van der Waals surface area (Å²) < 4.78 is 37.9. The number of hydrogen-bond acceptors (Lipinski definition) is 3. The molecule has 0 aromatic heterocycles. The number of anilines is 1. The van der Waals surface area contributed by atoms with Crippen LogP contribution in [0.15, 0.2) is 18.2 Å². The van der Waals surface area contributed by atoms with E-state index in [1.165, 1.54) is 12.1 Å². The lowest BCUT2D eigenvalue weighted by Gasteiger charge is -2.13. The fraction of sp³-hybridized carbons (Fsp3) is 0.500. The van der Waals surface area contributed by atoms with Gasteiger partial charge in [0.2, 0.25) is 0 Å². The monoisotopic (exact) mass is 283 g/mol. The molecule has 0 aliphatic carbocycles. The molecule has 108 valence electrons. The summed E-state index contributed by atoms with van der Waals surface area (Å²) >= 11 is 0. The van der Waals surface area contributed by atoms with Gasteiger partial charge < -0.3 is 10.6 Å². The number of nitrogens with one attached hydrogen (secondary N) is 2. The predicted molar refractivity (Wildman–Crippen MR) is 70.2 cm³/mol. The molecule has 0 amide bonds. The van der Waals surface area contributed by atoms with Gasteiger partial charge in [-0.2, -0.15) is 18.4 Å². The molecule has 0 saturated carbocycles. The van der Waals surface area contributed by atoms with E-state index in [9.17, 15) is 13.2 Å². The van der Waals surface area contributed by atoms with Crippen molar-refractivity contribution in [2.24, 2.45) is 5.92 Å². The molecule has 6 heteroatoms. The van der Waals surface area contributed by atoms with E-state index >= 15 is 0 Å². The summed E-state index contributed by atoms with van der Waals surface area (Å²) in [5.74, 6) is 0.618. The lowest BCUT2D eigenvalue weighted by Crippen LogP contribution is -2.13. The first kappa shape index (κ1) is 14.7. The second-order valence-electron chi connectivity index (χ2n) is 4.94. The average Bonchev–Trinajstić information content (AvgIpc) is 2.90. The van der Waals surface area contributed by atoms with E-state index in [2.05, 4.69) is 10.6 Å². The fourth-order valence-electron chi connectivity index (χ4n) is 2.38. The summed E-state index contributed by atoms with van der Waals surface area (Å²) in [4.78, 5) is 0. The summed E-state index contributed by atoms with van der Waals surface area (Å²) in [5, 5.41) is 15.2. The van der Waals surface area contributed by atoms with Crippen LogP contribution in [0.25, 0.3) is 0 Å². The number of alkyl halides is 3. The van der Waals surface area contributed by atoms with Crippen LogP contribution in [0.3, 0.4) is 0 Å². The zero-order valence-electron chi connectivity index (χ0n) is 10.9. The van der Waals surface area contributed by atoms with Crippen molar-refractivity contribution in [1.82, 2.24) is 5.32 Å². The van der Waals surface area contributed by atoms with Gasteiger partial charge in [-0.1, -0.05) is 0 Å². The van der Waals surface area contributed by atoms with E-state index in [-0.39, 0.29) is 5.56 Å². The topological polar surface area (TPSA) is 47.9 Å². The van der Waals surface area contributed by atoms with E-state index < -0.39 is 11.7 Å². The lowest BCUT2D eigenvalue weighted by atomic mass is 10.0. The number of hydrogen-bond donors (Lipinski definition) is 2. The van der Waals surface area contributed by atoms with Crippen molar-refractivity contribution in [1.29, 1.82) is 5.26 Å². The van der Waals surface area contributed by atoms with Crippen molar-refractivity contribution in [3.05, 3.63) is 29.3 Å². The fourth-order valence-corrected chi connectivity index (χ4v) is 2.38. The van der Waals surface area contributed by atoms with Crippen LogP contribution in [0.2, 0.25) is 0 Å². The Hall–Kier alpha value is -1.74. The van der Waals surface area contributed by atoms with Crippen molar-refractivity contribution in [2.75, 3.05) is 25.0 Å². The van der Waals surface area contributed by atoms with Crippen LogP contribution >= 0.6 is 0 Å².